The molecule has 1 unspecified atom stereocenters. The van der Waals surface area contributed by atoms with Gasteiger partial charge in [0.1, 0.15) is 5.60 Å². The number of likely N-dealkylation sites (N-methyl/N-ethyl adjacent to an activating group) is 1. The zero-order chi connectivity index (χ0) is 12.9. The summed E-state index contributed by atoms with van der Waals surface area (Å²) in [6.45, 7) is 6.78. The van der Waals surface area contributed by atoms with Gasteiger partial charge in [-0.15, -0.1) is 0 Å². The van der Waals surface area contributed by atoms with Gasteiger partial charge in [0.15, 0.2) is 11.9 Å². The molecule has 2 N–H and O–H groups in total. The van der Waals surface area contributed by atoms with E-state index in [9.17, 15) is 14.7 Å². The van der Waals surface area contributed by atoms with E-state index >= 15 is 0 Å². The average molecular weight is 231 g/mol. The van der Waals surface area contributed by atoms with E-state index in [0.717, 1.165) is 0 Å². The van der Waals surface area contributed by atoms with Crippen molar-refractivity contribution < 1.29 is 19.4 Å². The minimum Gasteiger partial charge on any atom is -0.458 e. The molecule has 0 aliphatic rings. The summed E-state index contributed by atoms with van der Waals surface area (Å²) in [6, 6.07) is -0.378. The van der Waals surface area contributed by atoms with E-state index in [2.05, 4.69) is 5.32 Å². The minimum atomic E-state index is -1.39. The molecule has 0 bridgehead atoms. The van der Waals surface area contributed by atoms with Crippen molar-refractivity contribution in [1.29, 1.82) is 0 Å². The van der Waals surface area contributed by atoms with Gasteiger partial charge >= 0.3 is 5.97 Å². The van der Waals surface area contributed by atoms with E-state index in [0.29, 0.717) is 0 Å². The van der Waals surface area contributed by atoms with Crippen LogP contribution in [-0.4, -0.2) is 41.7 Å². The topological polar surface area (TPSA) is 75.6 Å². The standard InChI is InChI=1S/C11H21NO4/c1-7(12-5)8(13)6-9(14)10(15)16-11(2,3)4/h7,9,12,14H,6H2,1-5H3/t7-,9?/m0/s1. The van der Waals surface area contributed by atoms with Crippen LogP contribution in [0, 0.1) is 0 Å². The molecule has 0 aliphatic heterocycles. The largest absolute Gasteiger partial charge is 0.458 e. The average Bonchev–Trinajstić information content (AvgIpc) is 2.13. The van der Waals surface area contributed by atoms with E-state index in [1.165, 1.54) is 0 Å². The second kappa shape index (κ2) is 5.96. The number of esters is 1. The summed E-state index contributed by atoms with van der Waals surface area (Å²) in [5.74, 6) is -0.981. The zero-order valence-corrected chi connectivity index (χ0v) is 10.5. The molecular weight excluding hydrogens is 210 g/mol. The monoisotopic (exact) mass is 231 g/mol. The van der Waals surface area contributed by atoms with Gasteiger partial charge in [-0.2, -0.15) is 0 Å². The number of Topliss-reactive ketones (excluding diaryl/α,β-unsaturated/α-hetero) is 1. The number of carbonyl (C=O) groups excluding carboxylic acids is 2. The zero-order valence-electron chi connectivity index (χ0n) is 10.5. The van der Waals surface area contributed by atoms with Crippen LogP contribution in [0.3, 0.4) is 0 Å². The Hall–Kier alpha value is -0.940. The van der Waals surface area contributed by atoms with Gasteiger partial charge in [-0.05, 0) is 34.7 Å². The maximum atomic E-state index is 11.4. The van der Waals surface area contributed by atoms with Gasteiger partial charge in [0.2, 0.25) is 0 Å². The van der Waals surface area contributed by atoms with Crippen molar-refractivity contribution >= 4 is 11.8 Å². The number of carbonyl (C=O) groups is 2. The highest BCUT2D eigenvalue weighted by Crippen LogP contribution is 2.10. The minimum absolute atomic E-state index is 0.221. The van der Waals surface area contributed by atoms with Gasteiger partial charge in [-0.1, -0.05) is 0 Å². The van der Waals surface area contributed by atoms with Crippen molar-refractivity contribution in [1.82, 2.24) is 5.32 Å². The van der Waals surface area contributed by atoms with Crippen LogP contribution < -0.4 is 5.32 Å². The van der Waals surface area contributed by atoms with Gasteiger partial charge < -0.3 is 15.2 Å². The van der Waals surface area contributed by atoms with Crippen molar-refractivity contribution in [2.24, 2.45) is 0 Å². The summed E-state index contributed by atoms with van der Waals surface area (Å²) in [7, 11) is 1.64. The van der Waals surface area contributed by atoms with Gasteiger partial charge in [0, 0.05) is 6.42 Å². The summed E-state index contributed by atoms with van der Waals surface area (Å²) in [5, 5.41) is 12.2. The lowest BCUT2D eigenvalue weighted by molar-refractivity contribution is -0.166. The lowest BCUT2D eigenvalue weighted by atomic mass is 10.1. The Labute approximate surface area is 96.2 Å². The summed E-state index contributed by atoms with van der Waals surface area (Å²) < 4.78 is 4.95. The molecule has 0 radical (unpaired) electrons. The predicted octanol–water partition coefficient (Wildman–Crippen LogP) is 0.256. The Morgan fingerprint density at radius 1 is 1.38 bits per heavy atom. The third kappa shape index (κ3) is 5.82. The van der Waals surface area contributed by atoms with Crippen molar-refractivity contribution in [3.05, 3.63) is 0 Å². The van der Waals surface area contributed by atoms with Crippen LogP contribution in [0.25, 0.3) is 0 Å². The smallest absolute Gasteiger partial charge is 0.335 e. The number of rotatable bonds is 5. The Kier molecular flexibility index (Phi) is 5.61. The van der Waals surface area contributed by atoms with Crippen LogP contribution in [0.5, 0.6) is 0 Å². The van der Waals surface area contributed by atoms with E-state index in [4.69, 9.17) is 4.74 Å². The number of nitrogens with one attached hydrogen (secondary N) is 1. The molecule has 0 spiro atoms. The van der Waals surface area contributed by atoms with Gasteiger partial charge in [-0.25, -0.2) is 4.79 Å². The first kappa shape index (κ1) is 15.1. The molecule has 0 aromatic carbocycles. The molecule has 2 atom stereocenters. The molecule has 0 rings (SSSR count). The molecule has 0 aromatic heterocycles. The fourth-order valence-electron chi connectivity index (χ4n) is 0.981. The molecular formula is C11H21NO4. The van der Waals surface area contributed by atoms with Crippen LogP contribution in [0.2, 0.25) is 0 Å². The van der Waals surface area contributed by atoms with Crippen molar-refractivity contribution in [3.8, 4) is 0 Å². The first-order valence-electron chi connectivity index (χ1n) is 5.28. The number of ether oxygens (including phenoxy) is 1. The molecule has 94 valence electrons. The molecule has 0 aromatic rings. The molecule has 16 heavy (non-hydrogen) atoms. The van der Waals surface area contributed by atoms with Crippen LogP contribution in [0.1, 0.15) is 34.1 Å². The second-order valence-corrected chi connectivity index (χ2v) is 4.73. The number of hydrogen-bond acceptors (Lipinski definition) is 5. The van der Waals surface area contributed by atoms with Gasteiger partial charge in [0.25, 0.3) is 0 Å². The fraction of sp³-hybridized carbons (Fsp3) is 0.818. The summed E-state index contributed by atoms with van der Waals surface area (Å²) >= 11 is 0. The van der Waals surface area contributed by atoms with E-state index in [1.807, 2.05) is 0 Å². The maximum Gasteiger partial charge on any atom is 0.335 e. The third-order valence-electron chi connectivity index (χ3n) is 1.99. The molecule has 5 nitrogen and oxygen atoms in total. The van der Waals surface area contributed by atoms with Gasteiger partial charge in [0.05, 0.1) is 6.04 Å². The normalized spacial score (nSPS) is 15.4. The van der Waals surface area contributed by atoms with Crippen molar-refractivity contribution in [3.63, 3.8) is 0 Å². The first-order chi connectivity index (χ1) is 7.17. The number of hydrogen-bond donors (Lipinski definition) is 2. The SMILES string of the molecule is CN[C@@H](C)C(=O)CC(O)C(=O)OC(C)(C)C. The van der Waals surface area contributed by atoms with Crippen LogP contribution in [0.4, 0.5) is 0 Å². The predicted molar refractivity (Wildman–Crippen MR) is 60.0 cm³/mol. The Balaban J connectivity index is 4.21. The highest BCUT2D eigenvalue weighted by atomic mass is 16.6. The molecule has 0 fully saturated rings. The van der Waals surface area contributed by atoms with E-state index in [1.54, 1.807) is 34.7 Å². The highest BCUT2D eigenvalue weighted by Gasteiger charge is 2.26. The first-order valence-corrected chi connectivity index (χ1v) is 5.28. The molecule has 0 aliphatic carbocycles. The summed E-state index contributed by atoms with van der Waals surface area (Å²) in [5.41, 5.74) is -0.657. The quantitative estimate of drug-likeness (QED) is 0.664. The van der Waals surface area contributed by atoms with Crippen molar-refractivity contribution in [2.75, 3.05) is 7.05 Å². The van der Waals surface area contributed by atoms with Crippen LogP contribution >= 0.6 is 0 Å². The Morgan fingerprint density at radius 3 is 2.25 bits per heavy atom. The molecule has 5 heteroatoms. The highest BCUT2D eigenvalue weighted by molar-refractivity contribution is 5.88. The number of ketones is 1. The Morgan fingerprint density at radius 2 is 1.88 bits per heavy atom. The molecule has 0 saturated heterocycles. The fourth-order valence-corrected chi connectivity index (χ4v) is 0.981. The third-order valence-corrected chi connectivity index (χ3v) is 1.99. The number of aliphatic hydroxyl groups excluding tert-OH is 1. The molecule has 0 heterocycles. The van der Waals surface area contributed by atoms with Crippen LogP contribution in [0.15, 0.2) is 0 Å². The van der Waals surface area contributed by atoms with E-state index < -0.39 is 17.7 Å². The Bertz CT molecular complexity index is 257. The lowest BCUT2D eigenvalue weighted by Gasteiger charge is -2.21. The number of aliphatic hydroxyl groups is 1. The summed E-state index contributed by atoms with van der Waals surface area (Å²) in [4.78, 5) is 22.8. The van der Waals surface area contributed by atoms with E-state index in [-0.39, 0.29) is 18.2 Å². The molecule has 0 amide bonds. The molecule has 0 saturated carbocycles. The summed E-state index contributed by atoms with van der Waals surface area (Å²) in [6.07, 6.45) is -1.61. The second-order valence-electron chi connectivity index (χ2n) is 4.73. The maximum absolute atomic E-state index is 11.4. The van der Waals surface area contributed by atoms with Crippen molar-refractivity contribution in [2.45, 2.75) is 51.9 Å². The van der Waals surface area contributed by atoms with Crippen LogP contribution in [-0.2, 0) is 14.3 Å². The lowest BCUT2D eigenvalue weighted by Crippen LogP contribution is -2.37. The van der Waals surface area contributed by atoms with Gasteiger partial charge in [-0.3, -0.25) is 4.79 Å².